The molecule has 0 aliphatic carbocycles. The molecule has 1 saturated heterocycles. The van der Waals surface area contributed by atoms with E-state index in [-0.39, 0.29) is 5.91 Å². The molecule has 4 heteroatoms. The van der Waals surface area contributed by atoms with Crippen LogP contribution in [0.2, 0.25) is 5.15 Å². The van der Waals surface area contributed by atoms with Crippen LogP contribution in [-0.2, 0) is 0 Å². The van der Waals surface area contributed by atoms with Crippen LogP contribution in [0, 0.1) is 0 Å². The van der Waals surface area contributed by atoms with Crippen LogP contribution in [0.3, 0.4) is 0 Å². The molecule has 0 aromatic carbocycles. The second-order valence-corrected chi connectivity index (χ2v) is 4.11. The summed E-state index contributed by atoms with van der Waals surface area (Å²) in [5.74, 6) is 0.0685. The van der Waals surface area contributed by atoms with Crippen molar-refractivity contribution in [2.24, 2.45) is 0 Å². The first kappa shape index (κ1) is 10.4. The van der Waals surface area contributed by atoms with Gasteiger partial charge in [0.15, 0.2) is 0 Å². The van der Waals surface area contributed by atoms with Gasteiger partial charge in [0.2, 0.25) is 0 Å². The van der Waals surface area contributed by atoms with Crippen molar-refractivity contribution >= 4 is 17.5 Å². The van der Waals surface area contributed by atoms with Crippen LogP contribution in [0.4, 0.5) is 0 Å². The molecule has 0 N–H and O–H groups in total. The summed E-state index contributed by atoms with van der Waals surface area (Å²) in [7, 11) is 0. The number of hydrogen-bond acceptors (Lipinski definition) is 2. The molecule has 1 aliphatic rings. The third-order valence-electron chi connectivity index (χ3n) is 2.62. The van der Waals surface area contributed by atoms with E-state index in [9.17, 15) is 4.79 Å². The largest absolute Gasteiger partial charge is 0.339 e. The summed E-state index contributed by atoms with van der Waals surface area (Å²) in [6.45, 7) is 1.72. The minimum atomic E-state index is 0.0685. The average Bonchev–Trinajstić information content (AvgIpc) is 2.29. The van der Waals surface area contributed by atoms with Crippen molar-refractivity contribution in [3.05, 3.63) is 29.0 Å². The summed E-state index contributed by atoms with van der Waals surface area (Å²) < 4.78 is 0. The van der Waals surface area contributed by atoms with E-state index < -0.39 is 0 Å². The topological polar surface area (TPSA) is 33.2 Å². The lowest BCUT2D eigenvalue weighted by Crippen LogP contribution is -2.35. The number of nitrogens with zero attached hydrogens (tertiary/aromatic N) is 2. The normalized spacial score (nSPS) is 16.5. The predicted octanol–water partition coefficient (Wildman–Crippen LogP) is 2.36. The van der Waals surface area contributed by atoms with Crippen LogP contribution >= 0.6 is 11.6 Å². The first-order valence-corrected chi connectivity index (χ1v) is 5.56. The second kappa shape index (κ2) is 4.62. The molecule has 1 aromatic heterocycles. The van der Waals surface area contributed by atoms with Gasteiger partial charge in [0.05, 0.1) is 0 Å². The van der Waals surface area contributed by atoms with Gasteiger partial charge in [-0.25, -0.2) is 4.98 Å². The van der Waals surface area contributed by atoms with Gasteiger partial charge in [0.25, 0.3) is 5.91 Å². The molecular weight excluding hydrogens is 212 g/mol. The van der Waals surface area contributed by atoms with Crippen LogP contribution in [0.15, 0.2) is 18.3 Å². The van der Waals surface area contributed by atoms with Gasteiger partial charge in [-0.05, 0) is 31.4 Å². The second-order valence-electron chi connectivity index (χ2n) is 3.72. The monoisotopic (exact) mass is 224 g/mol. The van der Waals surface area contributed by atoms with Crippen molar-refractivity contribution < 1.29 is 4.79 Å². The van der Waals surface area contributed by atoms with Gasteiger partial charge in [-0.2, -0.15) is 0 Å². The van der Waals surface area contributed by atoms with Gasteiger partial charge >= 0.3 is 0 Å². The Hall–Kier alpha value is -1.09. The molecule has 1 aromatic rings. The number of piperidine rings is 1. The van der Waals surface area contributed by atoms with Crippen molar-refractivity contribution in [3.8, 4) is 0 Å². The van der Waals surface area contributed by atoms with E-state index in [1.165, 1.54) is 6.42 Å². The highest BCUT2D eigenvalue weighted by Crippen LogP contribution is 2.14. The Morgan fingerprint density at radius 2 is 2.07 bits per heavy atom. The lowest BCUT2D eigenvalue weighted by atomic mass is 10.1. The van der Waals surface area contributed by atoms with E-state index in [1.54, 1.807) is 18.3 Å². The smallest absolute Gasteiger partial charge is 0.254 e. The molecular formula is C11H13ClN2O. The maximum absolute atomic E-state index is 12.0. The molecule has 0 unspecified atom stereocenters. The average molecular weight is 225 g/mol. The molecule has 2 rings (SSSR count). The number of rotatable bonds is 1. The Bertz CT molecular complexity index is 361. The lowest BCUT2D eigenvalue weighted by molar-refractivity contribution is 0.0724. The minimum Gasteiger partial charge on any atom is -0.339 e. The Morgan fingerprint density at radius 1 is 1.33 bits per heavy atom. The fourth-order valence-corrected chi connectivity index (χ4v) is 1.99. The van der Waals surface area contributed by atoms with Crippen LogP contribution in [0.1, 0.15) is 29.6 Å². The molecule has 0 bridgehead atoms. The van der Waals surface area contributed by atoms with Gasteiger partial charge in [0, 0.05) is 24.8 Å². The highest BCUT2D eigenvalue weighted by atomic mass is 35.5. The first-order valence-electron chi connectivity index (χ1n) is 5.18. The van der Waals surface area contributed by atoms with Gasteiger partial charge in [-0.3, -0.25) is 4.79 Å². The number of hydrogen-bond donors (Lipinski definition) is 0. The maximum atomic E-state index is 12.0. The van der Waals surface area contributed by atoms with E-state index in [4.69, 9.17) is 11.6 Å². The molecule has 2 heterocycles. The lowest BCUT2D eigenvalue weighted by Gasteiger charge is -2.26. The molecule has 0 saturated carbocycles. The molecule has 15 heavy (non-hydrogen) atoms. The Morgan fingerprint density at radius 3 is 2.73 bits per heavy atom. The Balaban J connectivity index is 2.12. The molecule has 1 aliphatic heterocycles. The van der Waals surface area contributed by atoms with E-state index in [1.807, 2.05) is 4.90 Å². The molecule has 0 spiro atoms. The number of likely N-dealkylation sites (tertiary alicyclic amines) is 1. The van der Waals surface area contributed by atoms with Crippen molar-refractivity contribution in [1.82, 2.24) is 9.88 Å². The number of aromatic nitrogens is 1. The SMILES string of the molecule is O=C(c1ccnc(Cl)c1)N1CCCCC1. The molecule has 3 nitrogen and oxygen atoms in total. The van der Waals surface area contributed by atoms with Gasteiger partial charge in [0.1, 0.15) is 5.15 Å². The standard InChI is InChI=1S/C11H13ClN2O/c12-10-8-9(4-5-13-10)11(15)14-6-2-1-3-7-14/h4-5,8H,1-3,6-7H2. The molecule has 80 valence electrons. The Kier molecular flexibility index (Phi) is 3.21. The van der Waals surface area contributed by atoms with Crippen LogP contribution in [0.25, 0.3) is 0 Å². The van der Waals surface area contributed by atoms with Crippen molar-refractivity contribution in [2.75, 3.05) is 13.1 Å². The molecule has 0 radical (unpaired) electrons. The highest BCUT2D eigenvalue weighted by Gasteiger charge is 2.18. The fourth-order valence-electron chi connectivity index (χ4n) is 1.82. The van der Waals surface area contributed by atoms with E-state index in [0.717, 1.165) is 25.9 Å². The summed E-state index contributed by atoms with van der Waals surface area (Å²) >= 11 is 5.75. The zero-order valence-corrected chi connectivity index (χ0v) is 9.20. The number of carbonyl (C=O) groups is 1. The highest BCUT2D eigenvalue weighted by molar-refractivity contribution is 6.29. The van der Waals surface area contributed by atoms with Gasteiger partial charge in [-0.15, -0.1) is 0 Å². The van der Waals surface area contributed by atoms with Gasteiger partial charge in [-0.1, -0.05) is 11.6 Å². The van der Waals surface area contributed by atoms with Crippen LogP contribution in [0.5, 0.6) is 0 Å². The quantitative estimate of drug-likeness (QED) is 0.687. The van der Waals surface area contributed by atoms with Crippen molar-refractivity contribution in [1.29, 1.82) is 0 Å². The molecule has 1 amide bonds. The summed E-state index contributed by atoms with van der Waals surface area (Å²) in [6.07, 6.45) is 5.00. The summed E-state index contributed by atoms with van der Waals surface area (Å²) in [4.78, 5) is 17.7. The van der Waals surface area contributed by atoms with Gasteiger partial charge < -0.3 is 4.90 Å². The summed E-state index contributed by atoms with van der Waals surface area (Å²) in [5, 5.41) is 0.373. The molecule has 1 fully saturated rings. The zero-order chi connectivity index (χ0) is 10.7. The van der Waals surface area contributed by atoms with E-state index >= 15 is 0 Å². The maximum Gasteiger partial charge on any atom is 0.254 e. The number of amides is 1. The fraction of sp³-hybridized carbons (Fsp3) is 0.455. The molecule has 0 atom stereocenters. The van der Waals surface area contributed by atoms with Crippen molar-refractivity contribution in [2.45, 2.75) is 19.3 Å². The summed E-state index contributed by atoms with van der Waals surface area (Å²) in [5.41, 5.74) is 0.636. The number of pyridine rings is 1. The van der Waals surface area contributed by atoms with E-state index in [0.29, 0.717) is 10.7 Å². The van der Waals surface area contributed by atoms with Crippen LogP contribution in [-0.4, -0.2) is 28.9 Å². The minimum absolute atomic E-state index is 0.0685. The summed E-state index contributed by atoms with van der Waals surface area (Å²) in [6, 6.07) is 3.33. The Labute approximate surface area is 94.1 Å². The number of carbonyl (C=O) groups excluding carboxylic acids is 1. The van der Waals surface area contributed by atoms with Crippen LogP contribution < -0.4 is 0 Å². The third-order valence-corrected chi connectivity index (χ3v) is 2.82. The number of halogens is 1. The third kappa shape index (κ3) is 2.48. The predicted molar refractivity (Wildman–Crippen MR) is 59.0 cm³/mol. The van der Waals surface area contributed by atoms with Crippen molar-refractivity contribution in [3.63, 3.8) is 0 Å². The zero-order valence-electron chi connectivity index (χ0n) is 8.45. The first-order chi connectivity index (χ1) is 7.27. The van der Waals surface area contributed by atoms with E-state index in [2.05, 4.69) is 4.98 Å².